The van der Waals surface area contributed by atoms with Gasteiger partial charge in [0.1, 0.15) is 16.5 Å². The van der Waals surface area contributed by atoms with E-state index in [1.807, 2.05) is 29.4 Å². The fourth-order valence-corrected chi connectivity index (χ4v) is 2.63. The molecule has 1 saturated heterocycles. The third-order valence-corrected chi connectivity index (χ3v) is 3.97. The Hall–Kier alpha value is -1.80. The van der Waals surface area contributed by atoms with Crippen molar-refractivity contribution in [2.24, 2.45) is 0 Å². The van der Waals surface area contributed by atoms with Crippen molar-refractivity contribution in [3.05, 3.63) is 40.8 Å². The molecule has 1 aromatic heterocycles. The number of hydrogen-bond acceptors (Lipinski definition) is 7. The molecule has 3 rings (SSSR count). The van der Waals surface area contributed by atoms with Crippen LogP contribution in [0.15, 0.2) is 30.5 Å². The number of rotatable bonds is 5. The van der Waals surface area contributed by atoms with Crippen molar-refractivity contribution < 1.29 is 9.47 Å². The molecule has 1 aliphatic heterocycles. The topological polar surface area (TPSA) is 62.8 Å². The summed E-state index contributed by atoms with van der Waals surface area (Å²) in [6.45, 7) is 2.68. The molecule has 0 unspecified atom stereocenters. The minimum absolute atomic E-state index is 0.115. The molecule has 0 saturated carbocycles. The number of halogens is 2. The number of nitrogens with zero attached hydrogens (tertiary/aromatic N) is 4. The average molecular weight is 370 g/mol. The summed E-state index contributed by atoms with van der Waals surface area (Å²) in [6.07, 6.45) is 1.46. The Morgan fingerprint density at radius 2 is 2.00 bits per heavy atom. The maximum absolute atomic E-state index is 6.19. The van der Waals surface area contributed by atoms with E-state index in [4.69, 9.17) is 32.7 Å². The minimum Gasteiger partial charge on any atom is -0.494 e. The lowest BCUT2D eigenvalue weighted by molar-refractivity contribution is 0.0343. The van der Waals surface area contributed by atoms with E-state index in [1.165, 1.54) is 6.20 Å². The largest absolute Gasteiger partial charge is 0.494 e. The Morgan fingerprint density at radius 1 is 1.25 bits per heavy atom. The molecular formula is C15H17Cl2N5O2. The summed E-state index contributed by atoms with van der Waals surface area (Å²) in [6, 6.07) is 7.67. The van der Waals surface area contributed by atoms with Crippen molar-refractivity contribution in [2.75, 3.05) is 44.0 Å². The molecule has 7 nitrogen and oxygen atoms in total. The number of methoxy groups -OCH3 is 1. The SMILES string of the molecule is COc1ccccc1N(Nc1nc(Cl)ncc1Cl)N1CCOCC1. The summed E-state index contributed by atoms with van der Waals surface area (Å²) in [5.74, 6) is 1.13. The van der Waals surface area contributed by atoms with E-state index in [9.17, 15) is 0 Å². The van der Waals surface area contributed by atoms with Gasteiger partial charge in [0.05, 0.1) is 26.5 Å². The zero-order valence-corrected chi connectivity index (χ0v) is 14.6. The van der Waals surface area contributed by atoms with Crippen molar-refractivity contribution in [2.45, 2.75) is 0 Å². The number of aromatic nitrogens is 2. The standard InChI is InChI=1S/C15H17Cl2N5O2/c1-23-13-5-3-2-4-12(13)22(21-6-8-24-9-7-21)20-14-11(16)10-18-15(17)19-14/h2-5,10H,6-9H2,1H3,(H,18,19,20). The molecule has 1 aromatic carbocycles. The zero-order chi connectivity index (χ0) is 16.9. The van der Waals surface area contributed by atoms with Crippen LogP contribution in [-0.4, -0.2) is 48.4 Å². The first kappa shape index (κ1) is 17.0. The summed E-state index contributed by atoms with van der Waals surface area (Å²) >= 11 is 12.1. The third kappa shape index (κ3) is 3.81. The smallest absolute Gasteiger partial charge is 0.224 e. The van der Waals surface area contributed by atoms with Crippen LogP contribution in [0.5, 0.6) is 5.75 Å². The maximum Gasteiger partial charge on any atom is 0.224 e. The first-order chi connectivity index (χ1) is 11.7. The van der Waals surface area contributed by atoms with Crippen LogP contribution in [0, 0.1) is 0 Å². The van der Waals surface area contributed by atoms with Gasteiger partial charge in [0.15, 0.2) is 5.82 Å². The molecule has 0 radical (unpaired) electrons. The Bertz CT molecular complexity index is 697. The van der Waals surface area contributed by atoms with Crippen molar-refractivity contribution in [3.63, 3.8) is 0 Å². The lowest BCUT2D eigenvalue weighted by atomic mass is 10.3. The van der Waals surface area contributed by atoms with Gasteiger partial charge < -0.3 is 9.47 Å². The normalized spacial score (nSPS) is 15.1. The van der Waals surface area contributed by atoms with Crippen LogP contribution < -0.4 is 15.3 Å². The minimum atomic E-state index is 0.115. The van der Waals surface area contributed by atoms with E-state index in [0.717, 1.165) is 5.69 Å². The molecule has 1 N–H and O–H groups in total. The van der Waals surface area contributed by atoms with Crippen LogP contribution in [0.1, 0.15) is 0 Å². The van der Waals surface area contributed by atoms with Crippen LogP contribution in [0.2, 0.25) is 10.3 Å². The number of benzene rings is 1. The number of hydrogen-bond donors (Lipinski definition) is 1. The molecule has 0 amide bonds. The number of nitrogens with one attached hydrogen (secondary N) is 1. The molecule has 0 bridgehead atoms. The number of hydrazine groups is 2. The molecule has 0 atom stereocenters. The second kappa shape index (κ2) is 7.85. The summed E-state index contributed by atoms with van der Waals surface area (Å²) < 4.78 is 10.9. The molecule has 2 heterocycles. The van der Waals surface area contributed by atoms with Gasteiger partial charge in [-0.25, -0.2) is 10.1 Å². The summed E-state index contributed by atoms with van der Waals surface area (Å²) in [5, 5.41) is 4.43. The van der Waals surface area contributed by atoms with E-state index in [0.29, 0.717) is 42.9 Å². The van der Waals surface area contributed by atoms with Crippen LogP contribution in [0.4, 0.5) is 11.5 Å². The fourth-order valence-electron chi connectivity index (χ4n) is 2.37. The number of morpholine rings is 1. The van der Waals surface area contributed by atoms with Crippen molar-refractivity contribution in [3.8, 4) is 5.75 Å². The third-order valence-electron chi connectivity index (χ3n) is 3.51. The Kier molecular flexibility index (Phi) is 5.57. The van der Waals surface area contributed by atoms with E-state index < -0.39 is 0 Å². The highest BCUT2D eigenvalue weighted by atomic mass is 35.5. The average Bonchev–Trinajstić information content (AvgIpc) is 2.63. The fraction of sp³-hybridized carbons (Fsp3) is 0.333. The predicted molar refractivity (Wildman–Crippen MR) is 93.5 cm³/mol. The number of para-hydroxylation sites is 2. The van der Waals surface area contributed by atoms with E-state index in [2.05, 4.69) is 20.4 Å². The molecule has 24 heavy (non-hydrogen) atoms. The molecule has 2 aromatic rings. The van der Waals surface area contributed by atoms with Gasteiger partial charge in [-0.15, -0.1) is 0 Å². The Balaban J connectivity index is 1.96. The van der Waals surface area contributed by atoms with E-state index >= 15 is 0 Å². The van der Waals surface area contributed by atoms with E-state index in [-0.39, 0.29) is 5.28 Å². The van der Waals surface area contributed by atoms with Crippen molar-refractivity contribution in [1.82, 2.24) is 15.0 Å². The molecule has 1 aliphatic rings. The molecule has 128 valence electrons. The summed E-state index contributed by atoms with van der Waals surface area (Å²) in [7, 11) is 1.63. The second-order valence-corrected chi connectivity index (χ2v) is 5.74. The van der Waals surface area contributed by atoms with Crippen LogP contribution in [-0.2, 0) is 4.74 Å². The summed E-state index contributed by atoms with van der Waals surface area (Å²) in [4.78, 5) is 8.03. The first-order valence-corrected chi connectivity index (χ1v) is 8.15. The van der Waals surface area contributed by atoms with Gasteiger partial charge in [-0.1, -0.05) is 23.7 Å². The van der Waals surface area contributed by atoms with E-state index in [1.54, 1.807) is 7.11 Å². The van der Waals surface area contributed by atoms with Gasteiger partial charge in [0.2, 0.25) is 5.28 Å². The van der Waals surface area contributed by atoms with Gasteiger partial charge in [-0.2, -0.15) is 9.99 Å². The lowest BCUT2D eigenvalue weighted by Crippen LogP contribution is -2.52. The number of ether oxygens (including phenoxy) is 2. The monoisotopic (exact) mass is 369 g/mol. The molecule has 0 spiro atoms. The number of anilines is 2. The maximum atomic E-state index is 6.19. The highest BCUT2D eigenvalue weighted by Crippen LogP contribution is 2.31. The van der Waals surface area contributed by atoms with Gasteiger partial charge in [0, 0.05) is 13.1 Å². The second-order valence-electron chi connectivity index (χ2n) is 5.00. The van der Waals surface area contributed by atoms with Gasteiger partial charge in [-0.3, -0.25) is 5.43 Å². The van der Waals surface area contributed by atoms with Gasteiger partial charge in [0.25, 0.3) is 0 Å². The van der Waals surface area contributed by atoms with Crippen LogP contribution in [0.25, 0.3) is 0 Å². The molecule has 1 fully saturated rings. The van der Waals surface area contributed by atoms with Crippen molar-refractivity contribution >= 4 is 34.7 Å². The zero-order valence-electron chi connectivity index (χ0n) is 13.1. The van der Waals surface area contributed by atoms with Crippen LogP contribution in [0.3, 0.4) is 0 Å². The van der Waals surface area contributed by atoms with Gasteiger partial charge in [-0.05, 0) is 23.7 Å². The van der Waals surface area contributed by atoms with Crippen molar-refractivity contribution in [1.29, 1.82) is 0 Å². The molecular weight excluding hydrogens is 353 g/mol. The molecule has 9 heteroatoms. The lowest BCUT2D eigenvalue weighted by Gasteiger charge is -2.39. The Labute approximate surface area is 150 Å². The quantitative estimate of drug-likeness (QED) is 0.641. The molecule has 0 aliphatic carbocycles. The predicted octanol–water partition coefficient (Wildman–Crippen LogP) is 2.87. The highest BCUT2D eigenvalue weighted by molar-refractivity contribution is 6.33. The first-order valence-electron chi connectivity index (χ1n) is 7.39. The summed E-state index contributed by atoms with van der Waals surface area (Å²) in [5.41, 5.74) is 4.03. The Morgan fingerprint density at radius 3 is 2.75 bits per heavy atom. The highest BCUT2D eigenvalue weighted by Gasteiger charge is 2.23. The van der Waals surface area contributed by atoms with Gasteiger partial charge >= 0.3 is 0 Å². The van der Waals surface area contributed by atoms with Crippen LogP contribution >= 0.6 is 23.2 Å².